The molecule has 3 N–H and O–H groups in total. The van der Waals surface area contributed by atoms with E-state index in [9.17, 15) is 9.90 Å². The van der Waals surface area contributed by atoms with Gasteiger partial charge in [-0.1, -0.05) is 24.3 Å². The highest BCUT2D eigenvalue weighted by Crippen LogP contribution is 2.28. The summed E-state index contributed by atoms with van der Waals surface area (Å²) >= 11 is 0. The van der Waals surface area contributed by atoms with Gasteiger partial charge in [-0.2, -0.15) is 4.98 Å². The predicted octanol–water partition coefficient (Wildman–Crippen LogP) is 3.23. The van der Waals surface area contributed by atoms with Gasteiger partial charge in [-0.25, -0.2) is 9.78 Å². The summed E-state index contributed by atoms with van der Waals surface area (Å²) in [6.45, 7) is 2.03. The van der Waals surface area contributed by atoms with Crippen LogP contribution in [-0.2, 0) is 4.74 Å². The standard InChI is InChI=1S/C23H24N4O3/c1-2-30-21(28)19-15-17-7-6-16(8-12-23(29)10-4-3-5-11-23)14-18(17)27(19)20-9-13-25-22(24)26-20/h6-7,9,13-15,29H,2-5,10-11H2,1H3,(H2,24,25,26). The molecule has 30 heavy (non-hydrogen) atoms. The monoisotopic (exact) mass is 404 g/mol. The van der Waals surface area contributed by atoms with Gasteiger partial charge in [-0.05, 0) is 56.9 Å². The number of esters is 1. The van der Waals surface area contributed by atoms with Crippen LogP contribution in [0.25, 0.3) is 16.7 Å². The van der Waals surface area contributed by atoms with Gasteiger partial charge in [0.1, 0.15) is 17.1 Å². The number of nitrogens with zero attached hydrogens (tertiary/aromatic N) is 3. The van der Waals surface area contributed by atoms with Crippen LogP contribution in [0.4, 0.5) is 5.95 Å². The molecule has 0 bridgehead atoms. The Labute approximate surface area is 174 Å². The normalized spacial score (nSPS) is 15.4. The van der Waals surface area contributed by atoms with Crippen LogP contribution in [-0.4, -0.2) is 37.8 Å². The van der Waals surface area contributed by atoms with Crippen molar-refractivity contribution in [1.29, 1.82) is 0 Å². The summed E-state index contributed by atoms with van der Waals surface area (Å²) < 4.78 is 6.93. The first-order valence-corrected chi connectivity index (χ1v) is 10.2. The fraction of sp³-hybridized carbons (Fsp3) is 0.348. The van der Waals surface area contributed by atoms with Gasteiger partial charge in [0.2, 0.25) is 5.95 Å². The highest BCUT2D eigenvalue weighted by molar-refractivity contribution is 5.97. The number of ether oxygens (including phenoxy) is 1. The van der Waals surface area contributed by atoms with Gasteiger partial charge in [0.25, 0.3) is 0 Å². The quantitative estimate of drug-likeness (QED) is 0.513. The maximum atomic E-state index is 12.6. The molecule has 2 aromatic heterocycles. The van der Waals surface area contributed by atoms with Crippen LogP contribution >= 0.6 is 0 Å². The lowest BCUT2D eigenvalue weighted by Crippen LogP contribution is -2.29. The minimum absolute atomic E-state index is 0.111. The maximum absolute atomic E-state index is 12.6. The summed E-state index contributed by atoms with van der Waals surface area (Å²) in [5.41, 5.74) is 6.69. The summed E-state index contributed by atoms with van der Waals surface area (Å²) in [4.78, 5) is 20.8. The van der Waals surface area contributed by atoms with Gasteiger partial charge in [0.15, 0.2) is 0 Å². The van der Waals surface area contributed by atoms with Gasteiger partial charge in [0.05, 0.1) is 12.1 Å². The first-order valence-electron chi connectivity index (χ1n) is 10.2. The Kier molecular flexibility index (Phi) is 5.42. The summed E-state index contributed by atoms with van der Waals surface area (Å²) in [6, 6.07) is 9.11. The molecule has 0 amide bonds. The Morgan fingerprint density at radius 3 is 2.80 bits per heavy atom. The van der Waals surface area contributed by atoms with E-state index in [0.29, 0.717) is 24.4 Å². The molecule has 154 valence electrons. The molecule has 0 atom stereocenters. The fourth-order valence-electron chi connectivity index (χ4n) is 3.82. The molecule has 0 saturated heterocycles. The van der Waals surface area contributed by atoms with E-state index in [1.165, 1.54) is 0 Å². The number of benzene rings is 1. The number of aliphatic hydroxyl groups is 1. The van der Waals surface area contributed by atoms with Gasteiger partial charge >= 0.3 is 5.97 Å². The molecule has 0 radical (unpaired) electrons. The Morgan fingerprint density at radius 2 is 2.07 bits per heavy atom. The average molecular weight is 404 g/mol. The van der Waals surface area contributed by atoms with Crippen molar-refractivity contribution in [3.05, 3.63) is 47.8 Å². The lowest BCUT2D eigenvalue weighted by atomic mass is 9.85. The van der Waals surface area contributed by atoms with Crippen LogP contribution in [0, 0.1) is 11.8 Å². The number of rotatable bonds is 3. The third kappa shape index (κ3) is 4.00. The summed E-state index contributed by atoms with van der Waals surface area (Å²) in [5, 5.41) is 11.5. The van der Waals surface area contributed by atoms with Crippen LogP contribution in [0.3, 0.4) is 0 Å². The number of hydrogen-bond acceptors (Lipinski definition) is 6. The molecule has 1 fully saturated rings. The maximum Gasteiger partial charge on any atom is 0.355 e. The molecule has 7 nitrogen and oxygen atoms in total. The summed E-state index contributed by atoms with van der Waals surface area (Å²) in [7, 11) is 0. The molecule has 1 aliphatic carbocycles. The molecule has 1 aliphatic rings. The van der Waals surface area contributed by atoms with Crippen molar-refractivity contribution < 1.29 is 14.6 Å². The average Bonchev–Trinajstić information content (AvgIpc) is 3.12. The summed E-state index contributed by atoms with van der Waals surface area (Å²) in [6.07, 6.45) is 6.07. The van der Waals surface area contributed by atoms with Crippen molar-refractivity contribution in [3.63, 3.8) is 0 Å². The molecular formula is C23H24N4O3. The number of aromatic nitrogens is 3. The number of nitrogens with two attached hydrogens (primary N) is 1. The topological polar surface area (TPSA) is 103 Å². The number of carbonyl (C=O) groups is 1. The predicted molar refractivity (Wildman–Crippen MR) is 114 cm³/mol. The third-order valence-electron chi connectivity index (χ3n) is 5.30. The number of carbonyl (C=O) groups excluding carboxylic acids is 1. The fourth-order valence-corrected chi connectivity index (χ4v) is 3.82. The smallest absolute Gasteiger partial charge is 0.355 e. The van der Waals surface area contributed by atoms with Crippen molar-refractivity contribution in [2.45, 2.75) is 44.6 Å². The van der Waals surface area contributed by atoms with E-state index in [1.54, 1.807) is 29.8 Å². The molecule has 0 spiro atoms. The Morgan fingerprint density at radius 1 is 1.27 bits per heavy atom. The molecule has 1 saturated carbocycles. The summed E-state index contributed by atoms with van der Waals surface area (Å²) in [5.74, 6) is 6.30. The Bertz CT molecular complexity index is 1150. The zero-order valence-corrected chi connectivity index (χ0v) is 16.9. The lowest BCUT2D eigenvalue weighted by Gasteiger charge is -2.26. The second kappa shape index (κ2) is 8.17. The van der Waals surface area contributed by atoms with Crippen molar-refractivity contribution in [2.75, 3.05) is 12.3 Å². The van der Waals surface area contributed by atoms with Crippen molar-refractivity contribution in [2.24, 2.45) is 0 Å². The molecule has 0 unspecified atom stereocenters. The van der Waals surface area contributed by atoms with Crippen LogP contribution in [0.1, 0.15) is 55.1 Å². The van der Waals surface area contributed by atoms with Crippen LogP contribution < -0.4 is 5.73 Å². The van der Waals surface area contributed by atoms with Crippen LogP contribution in [0.2, 0.25) is 0 Å². The Hall–Kier alpha value is -3.37. The molecule has 7 heteroatoms. The molecule has 2 heterocycles. The van der Waals surface area contributed by atoms with Crippen LogP contribution in [0.5, 0.6) is 0 Å². The second-order valence-electron chi connectivity index (χ2n) is 7.47. The SMILES string of the molecule is CCOC(=O)c1cc2ccc(C#CC3(O)CCCCC3)cc2n1-c1ccnc(N)n1. The van der Waals surface area contributed by atoms with E-state index in [4.69, 9.17) is 10.5 Å². The molecular weight excluding hydrogens is 380 g/mol. The van der Waals surface area contributed by atoms with Crippen LogP contribution in [0.15, 0.2) is 36.5 Å². The largest absolute Gasteiger partial charge is 0.461 e. The van der Waals surface area contributed by atoms with E-state index < -0.39 is 11.6 Å². The molecule has 4 rings (SSSR count). The Balaban J connectivity index is 1.83. The zero-order chi connectivity index (χ0) is 21.1. The first-order chi connectivity index (χ1) is 14.5. The number of fused-ring (bicyclic) bond motifs is 1. The molecule has 3 aromatic rings. The minimum Gasteiger partial charge on any atom is -0.461 e. The highest BCUT2D eigenvalue weighted by atomic mass is 16.5. The lowest BCUT2D eigenvalue weighted by molar-refractivity contribution is 0.0517. The number of nitrogen functional groups attached to an aromatic ring is 1. The number of anilines is 1. The van der Waals surface area contributed by atoms with Gasteiger partial charge in [0, 0.05) is 17.1 Å². The first kappa shape index (κ1) is 19.9. The van der Waals surface area contributed by atoms with E-state index in [2.05, 4.69) is 21.8 Å². The van der Waals surface area contributed by atoms with E-state index in [1.807, 2.05) is 18.2 Å². The number of hydrogen-bond donors (Lipinski definition) is 2. The third-order valence-corrected chi connectivity index (χ3v) is 5.30. The van der Waals surface area contributed by atoms with Crippen molar-refractivity contribution >= 4 is 22.8 Å². The minimum atomic E-state index is -0.924. The van der Waals surface area contributed by atoms with Gasteiger partial charge in [-0.15, -0.1) is 0 Å². The molecule has 0 aliphatic heterocycles. The van der Waals surface area contributed by atoms with E-state index in [-0.39, 0.29) is 12.6 Å². The van der Waals surface area contributed by atoms with Gasteiger partial charge < -0.3 is 15.6 Å². The van der Waals surface area contributed by atoms with E-state index >= 15 is 0 Å². The second-order valence-corrected chi connectivity index (χ2v) is 7.47. The molecule has 1 aromatic carbocycles. The van der Waals surface area contributed by atoms with Crippen molar-refractivity contribution in [1.82, 2.24) is 14.5 Å². The highest BCUT2D eigenvalue weighted by Gasteiger charge is 2.26. The van der Waals surface area contributed by atoms with Crippen molar-refractivity contribution in [3.8, 4) is 17.7 Å². The van der Waals surface area contributed by atoms with Gasteiger partial charge in [-0.3, -0.25) is 4.57 Å². The van der Waals surface area contributed by atoms with E-state index in [0.717, 1.165) is 35.7 Å². The zero-order valence-electron chi connectivity index (χ0n) is 16.9.